The van der Waals surface area contributed by atoms with Gasteiger partial charge in [0.15, 0.2) is 0 Å². The van der Waals surface area contributed by atoms with E-state index in [1.165, 1.54) is 4.90 Å². The van der Waals surface area contributed by atoms with Gasteiger partial charge in [0.1, 0.15) is 0 Å². The smallest absolute Gasteiger partial charge is 0.308 e. The fourth-order valence-corrected chi connectivity index (χ4v) is 1.80. The molecule has 4 nitrogen and oxygen atoms in total. The Morgan fingerprint density at radius 1 is 1.53 bits per heavy atom. The summed E-state index contributed by atoms with van der Waals surface area (Å²) < 4.78 is 0. The minimum absolute atomic E-state index is 0.132. The van der Waals surface area contributed by atoms with Gasteiger partial charge in [-0.25, -0.2) is 0 Å². The maximum absolute atomic E-state index is 12.3. The van der Waals surface area contributed by atoms with Gasteiger partial charge < -0.3 is 10.0 Å². The lowest BCUT2D eigenvalue weighted by Gasteiger charge is -2.23. The first-order valence-electron chi connectivity index (χ1n) is 5.84. The number of carboxylic acids is 1. The molecule has 0 heterocycles. The van der Waals surface area contributed by atoms with E-state index in [0.29, 0.717) is 17.1 Å². The average molecular weight is 282 g/mol. The number of nitrogens with zero attached hydrogens (tertiary/aromatic N) is 1. The molecule has 0 aliphatic carbocycles. The molecule has 1 amide bonds. The normalized spacial score (nSPS) is 11.7. The first kappa shape index (κ1) is 15.2. The summed E-state index contributed by atoms with van der Waals surface area (Å²) in [5.41, 5.74) is 0.437. The first-order valence-corrected chi connectivity index (χ1v) is 6.22. The Labute approximate surface area is 117 Å². The molecule has 102 valence electrons. The van der Waals surface area contributed by atoms with Crippen LogP contribution >= 0.6 is 11.6 Å². The van der Waals surface area contributed by atoms with E-state index < -0.39 is 11.9 Å². The van der Waals surface area contributed by atoms with Crippen molar-refractivity contribution in [2.75, 3.05) is 13.1 Å². The number of halogens is 1. The molecule has 0 saturated heterocycles. The fourth-order valence-electron chi connectivity index (χ4n) is 1.61. The Hall–Kier alpha value is -1.81. The van der Waals surface area contributed by atoms with E-state index >= 15 is 0 Å². The quantitative estimate of drug-likeness (QED) is 0.816. The zero-order chi connectivity index (χ0) is 14.4. The minimum atomic E-state index is -0.937. The van der Waals surface area contributed by atoms with Crippen LogP contribution in [0.15, 0.2) is 36.9 Å². The van der Waals surface area contributed by atoms with E-state index in [4.69, 9.17) is 16.7 Å². The van der Waals surface area contributed by atoms with E-state index in [2.05, 4.69) is 6.58 Å². The number of carbonyl (C=O) groups is 2. The van der Waals surface area contributed by atoms with Gasteiger partial charge in [-0.1, -0.05) is 30.7 Å². The molecular formula is C14H16ClNO3. The highest BCUT2D eigenvalue weighted by Crippen LogP contribution is 2.14. The van der Waals surface area contributed by atoms with Gasteiger partial charge in [0.2, 0.25) is 0 Å². The molecule has 0 spiro atoms. The van der Waals surface area contributed by atoms with Gasteiger partial charge in [0.05, 0.1) is 5.92 Å². The Kier molecular flexibility index (Phi) is 5.57. The van der Waals surface area contributed by atoms with E-state index in [9.17, 15) is 9.59 Å². The number of aliphatic carboxylic acids is 1. The number of hydrogen-bond donors (Lipinski definition) is 1. The maximum atomic E-state index is 12.3. The molecule has 0 saturated carbocycles. The van der Waals surface area contributed by atoms with Crippen LogP contribution in [-0.2, 0) is 4.79 Å². The monoisotopic (exact) mass is 281 g/mol. The summed E-state index contributed by atoms with van der Waals surface area (Å²) >= 11 is 5.84. The van der Waals surface area contributed by atoms with Gasteiger partial charge in [-0.15, -0.1) is 6.58 Å². The van der Waals surface area contributed by atoms with Crippen LogP contribution in [0.4, 0.5) is 0 Å². The number of carboxylic acid groups (broad SMARTS) is 1. The van der Waals surface area contributed by atoms with E-state index in [0.717, 1.165) is 0 Å². The molecule has 0 radical (unpaired) electrons. The highest BCUT2D eigenvalue weighted by atomic mass is 35.5. The molecular weight excluding hydrogens is 266 g/mol. The van der Waals surface area contributed by atoms with Crippen molar-refractivity contribution in [1.29, 1.82) is 0 Å². The highest BCUT2D eigenvalue weighted by molar-refractivity contribution is 6.30. The average Bonchev–Trinajstić information content (AvgIpc) is 2.37. The van der Waals surface area contributed by atoms with Crippen LogP contribution in [0.2, 0.25) is 5.02 Å². The van der Waals surface area contributed by atoms with Crippen LogP contribution in [0.1, 0.15) is 17.3 Å². The van der Waals surface area contributed by atoms with Crippen molar-refractivity contribution >= 4 is 23.5 Å². The van der Waals surface area contributed by atoms with Crippen molar-refractivity contribution < 1.29 is 14.7 Å². The Bertz CT molecular complexity index is 487. The predicted octanol–water partition coefficient (Wildman–Crippen LogP) is 2.69. The first-order chi connectivity index (χ1) is 8.95. The Morgan fingerprint density at radius 2 is 2.21 bits per heavy atom. The lowest BCUT2D eigenvalue weighted by atomic mass is 10.1. The van der Waals surface area contributed by atoms with Gasteiger partial charge in [-0.2, -0.15) is 0 Å². The van der Waals surface area contributed by atoms with Gasteiger partial charge in [0, 0.05) is 23.7 Å². The lowest BCUT2D eigenvalue weighted by molar-refractivity contribution is -0.141. The van der Waals surface area contributed by atoms with Crippen molar-refractivity contribution in [1.82, 2.24) is 4.90 Å². The third kappa shape index (κ3) is 4.41. The third-order valence-electron chi connectivity index (χ3n) is 2.62. The minimum Gasteiger partial charge on any atom is -0.481 e. The standard InChI is InChI=1S/C14H16ClNO3/c1-3-7-16(9-10(2)14(18)19)13(17)11-5-4-6-12(15)8-11/h3-6,8,10H,1,7,9H2,2H3,(H,18,19). The molecule has 0 fully saturated rings. The summed E-state index contributed by atoms with van der Waals surface area (Å²) in [5, 5.41) is 9.38. The molecule has 0 bridgehead atoms. The molecule has 1 aromatic carbocycles. The second-order valence-electron chi connectivity index (χ2n) is 4.25. The van der Waals surface area contributed by atoms with Crippen LogP contribution < -0.4 is 0 Å². The Morgan fingerprint density at radius 3 is 2.74 bits per heavy atom. The molecule has 19 heavy (non-hydrogen) atoms. The van der Waals surface area contributed by atoms with Crippen molar-refractivity contribution in [3.05, 3.63) is 47.5 Å². The van der Waals surface area contributed by atoms with Crippen molar-refractivity contribution in [2.24, 2.45) is 5.92 Å². The fraction of sp³-hybridized carbons (Fsp3) is 0.286. The molecule has 1 rings (SSSR count). The SMILES string of the molecule is C=CCN(CC(C)C(=O)O)C(=O)c1cccc(Cl)c1. The van der Waals surface area contributed by atoms with Crippen LogP contribution in [0, 0.1) is 5.92 Å². The van der Waals surface area contributed by atoms with E-state index in [1.54, 1.807) is 37.3 Å². The van der Waals surface area contributed by atoms with Crippen molar-refractivity contribution in [3.8, 4) is 0 Å². The van der Waals surface area contributed by atoms with Crippen LogP contribution in [0.3, 0.4) is 0 Å². The predicted molar refractivity (Wildman–Crippen MR) is 74.4 cm³/mol. The molecule has 1 aromatic rings. The Balaban J connectivity index is 2.89. The third-order valence-corrected chi connectivity index (χ3v) is 2.86. The summed E-state index contributed by atoms with van der Waals surface area (Å²) in [6.07, 6.45) is 1.57. The van der Waals surface area contributed by atoms with Gasteiger partial charge in [-0.05, 0) is 18.2 Å². The van der Waals surface area contributed by atoms with E-state index in [-0.39, 0.29) is 12.5 Å². The summed E-state index contributed by atoms with van der Waals surface area (Å²) in [5.74, 6) is -1.83. The zero-order valence-corrected chi connectivity index (χ0v) is 11.4. The second-order valence-corrected chi connectivity index (χ2v) is 4.68. The van der Waals surface area contributed by atoms with Crippen LogP contribution in [0.5, 0.6) is 0 Å². The summed E-state index contributed by atoms with van der Waals surface area (Å²) in [6.45, 7) is 5.56. The summed E-state index contributed by atoms with van der Waals surface area (Å²) in [6, 6.07) is 6.57. The van der Waals surface area contributed by atoms with Gasteiger partial charge in [-0.3, -0.25) is 9.59 Å². The molecule has 1 N–H and O–H groups in total. The lowest BCUT2D eigenvalue weighted by Crippen LogP contribution is -2.37. The van der Waals surface area contributed by atoms with Crippen molar-refractivity contribution in [3.63, 3.8) is 0 Å². The van der Waals surface area contributed by atoms with Gasteiger partial charge in [0.25, 0.3) is 5.91 Å². The van der Waals surface area contributed by atoms with Crippen LogP contribution in [0.25, 0.3) is 0 Å². The van der Waals surface area contributed by atoms with Crippen LogP contribution in [-0.4, -0.2) is 35.0 Å². The molecule has 0 aliphatic rings. The second kappa shape index (κ2) is 6.95. The molecule has 0 aliphatic heterocycles. The molecule has 1 unspecified atom stereocenters. The number of rotatable bonds is 6. The highest BCUT2D eigenvalue weighted by Gasteiger charge is 2.20. The zero-order valence-electron chi connectivity index (χ0n) is 10.7. The number of hydrogen-bond acceptors (Lipinski definition) is 2. The summed E-state index contributed by atoms with van der Waals surface area (Å²) in [4.78, 5) is 24.6. The summed E-state index contributed by atoms with van der Waals surface area (Å²) in [7, 11) is 0. The largest absolute Gasteiger partial charge is 0.481 e. The topological polar surface area (TPSA) is 57.6 Å². The number of carbonyl (C=O) groups excluding carboxylic acids is 1. The molecule has 1 atom stereocenters. The molecule has 5 heteroatoms. The number of benzene rings is 1. The van der Waals surface area contributed by atoms with E-state index in [1.807, 2.05) is 0 Å². The maximum Gasteiger partial charge on any atom is 0.308 e. The molecule has 0 aromatic heterocycles. The number of amides is 1. The van der Waals surface area contributed by atoms with Crippen molar-refractivity contribution in [2.45, 2.75) is 6.92 Å². The van der Waals surface area contributed by atoms with Gasteiger partial charge >= 0.3 is 5.97 Å².